The second kappa shape index (κ2) is 11.5. The number of rotatable bonds is 6. The lowest BCUT2D eigenvalue weighted by Crippen LogP contribution is -2.38. The van der Waals surface area contributed by atoms with Gasteiger partial charge in [-0.15, -0.1) is 24.0 Å². The molecule has 0 bridgehead atoms. The molecule has 0 aliphatic carbocycles. The molecule has 6 nitrogen and oxygen atoms in total. The highest BCUT2D eigenvalue weighted by Crippen LogP contribution is 2.06. The van der Waals surface area contributed by atoms with Crippen LogP contribution in [0.5, 0.6) is 0 Å². The lowest BCUT2D eigenvalue weighted by atomic mass is 10.1. The molecule has 1 heterocycles. The number of benzene rings is 1. The number of hydrogen-bond acceptors (Lipinski definition) is 3. The normalized spacial score (nSPS) is 10.7. The third-order valence-corrected chi connectivity index (χ3v) is 3.75. The number of aryl methyl sites for hydroxylation is 2. The Bertz CT molecular complexity index is 731. The minimum absolute atomic E-state index is 0. The highest BCUT2D eigenvalue weighted by molar-refractivity contribution is 14.0. The van der Waals surface area contributed by atoms with Crippen LogP contribution in [0.3, 0.4) is 0 Å². The molecule has 1 aromatic heterocycles. The maximum atomic E-state index is 11.9. The van der Waals surface area contributed by atoms with Crippen LogP contribution >= 0.6 is 24.0 Å². The van der Waals surface area contributed by atoms with Crippen molar-refractivity contribution in [2.75, 3.05) is 18.9 Å². The molecule has 7 heteroatoms. The van der Waals surface area contributed by atoms with Crippen LogP contribution in [0.1, 0.15) is 23.1 Å². The fourth-order valence-electron chi connectivity index (χ4n) is 2.25. The Morgan fingerprint density at radius 1 is 1.12 bits per heavy atom. The third-order valence-electron chi connectivity index (χ3n) is 3.75. The number of halogens is 1. The van der Waals surface area contributed by atoms with E-state index in [2.05, 4.69) is 45.0 Å². The van der Waals surface area contributed by atoms with Gasteiger partial charge in [0.1, 0.15) is 5.82 Å². The summed E-state index contributed by atoms with van der Waals surface area (Å²) >= 11 is 0. The van der Waals surface area contributed by atoms with Crippen molar-refractivity contribution in [2.45, 2.75) is 26.8 Å². The molecule has 1 aromatic carbocycles. The molecule has 3 N–H and O–H groups in total. The molecule has 0 aliphatic rings. The van der Waals surface area contributed by atoms with Crippen LogP contribution in [0, 0.1) is 13.8 Å². The lowest BCUT2D eigenvalue weighted by molar-refractivity contribution is -0.116. The molecule has 0 radical (unpaired) electrons. The van der Waals surface area contributed by atoms with E-state index < -0.39 is 0 Å². The molecule has 0 spiro atoms. The molecule has 26 heavy (non-hydrogen) atoms. The van der Waals surface area contributed by atoms with Gasteiger partial charge in [0.05, 0.1) is 0 Å². The number of guanidine groups is 1. The molecule has 0 atom stereocenters. The number of carbonyl (C=O) groups excluding carboxylic acids is 1. The van der Waals surface area contributed by atoms with Crippen LogP contribution < -0.4 is 16.0 Å². The van der Waals surface area contributed by atoms with Gasteiger partial charge in [-0.1, -0.05) is 30.3 Å². The van der Waals surface area contributed by atoms with Crippen LogP contribution in [0.15, 0.2) is 47.6 Å². The molecule has 0 unspecified atom stereocenters. The van der Waals surface area contributed by atoms with Gasteiger partial charge in [0.2, 0.25) is 5.91 Å². The van der Waals surface area contributed by atoms with Crippen LogP contribution in [0.25, 0.3) is 0 Å². The maximum absolute atomic E-state index is 11.9. The summed E-state index contributed by atoms with van der Waals surface area (Å²) in [6.45, 7) is 5.21. The highest BCUT2D eigenvalue weighted by atomic mass is 127. The number of hydrogen-bond donors (Lipinski definition) is 3. The van der Waals surface area contributed by atoms with Crippen LogP contribution in [-0.2, 0) is 11.3 Å². The summed E-state index contributed by atoms with van der Waals surface area (Å²) in [5, 5.41) is 9.17. The van der Waals surface area contributed by atoms with Crippen molar-refractivity contribution in [3.05, 3.63) is 59.3 Å². The Kier molecular flexibility index (Phi) is 9.64. The van der Waals surface area contributed by atoms with E-state index >= 15 is 0 Å². The maximum Gasteiger partial charge on any atom is 0.227 e. The molecule has 2 aromatic rings. The third kappa shape index (κ3) is 7.38. The molecule has 0 aliphatic heterocycles. The van der Waals surface area contributed by atoms with E-state index in [9.17, 15) is 4.79 Å². The number of nitrogens with one attached hydrogen (secondary N) is 3. The van der Waals surface area contributed by atoms with E-state index in [1.807, 2.05) is 25.1 Å². The minimum atomic E-state index is -0.0850. The highest BCUT2D eigenvalue weighted by Gasteiger charge is 2.05. The quantitative estimate of drug-likeness (QED) is 0.347. The van der Waals surface area contributed by atoms with Gasteiger partial charge in [0.15, 0.2) is 5.96 Å². The van der Waals surface area contributed by atoms with Crippen molar-refractivity contribution in [2.24, 2.45) is 4.99 Å². The molecule has 2 rings (SSSR count). The molecular formula is C19H26IN5O. The average molecular weight is 467 g/mol. The Morgan fingerprint density at radius 3 is 2.54 bits per heavy atom. The van der Waals surface area contributed by atoms with Gasteiger partial charge in [-0.25, -0.2) is 4.98 Å². The second-order valence-corrected chi connectivity index (χ2v) is 5.80. The Labute approximate surface area is 171 Å². The molecule has 0 saturated heterocycles. The monoisotopic (exact) mass is 467 g/mol. The van der Waals surface area contributed by atoms with E-state index in [1.165, 1.54) is 11.1 Å². The van der Waals surface area contributed by atoms with Gasteiger partial charge in [-0.3, -0.25) is 9.79 Å². The Morgan fingerprint density at radius 2 is 1.88 bits per heavy atom. The van der Waals surface area contributed by atoms with Crippen LogP contribution in [0.4, 0.5) is 5.82 Å². The first-order valence-corrected chi connectivity index (χ1v) is 8.30. The summed E-state index contributed by atoms with van der Waals surface area (Å²) in [5.41, 5.74) is 3.51. The van der Waals surface area contributed by atoms with Gasteiger partial charge < -0.3 is 16.0 Å². The zero-order valence-corrected chi connectivity index (χ0v) is 17.7. The van der Waals surface area contributed by atoms with Crippen LogP contribution in [0.2, 0.25) is 0 Å². The molecule has 0 saturated carbocycles. The van der Waals surface area contributed by atoms with Gasteiger partial charge in [-0.2, -0.15) is 0 Å². The number of aliphatic imine (C=N–C) groups is 1. The summed E-state index contributed by atoms with van der Waals surface area (Å²) in [6.07, 6.45) is 2.06. The summed E-state index contributed by atoms with van der Waals surface area (Å²) < 4.78 is 0. The zero-order chi connectivity index (χ0) is 18.1. The standard InChI is InChI=1S/C19H25N5O.HI/c1-14-8-9-17(22-12-14)24-18(25)10-11-21-19(20-3)23-13-16-7-5-4-6-15(16)2;/h4-9,12H,10-11,13H2,1-3H3,(H2,20,21,23)(H,22,24,25);1H. The fraction of sp³-hybridized carbons (Fsp3) is 0.316. The lowest BCUT2D eigenvalue weighted by Gasteiger charge is -2.13. The topological polar surface area (TPSA) is 78.4 Å². The first kappa shape index (κ1) is 21.9. The average Bonchev–Trinajstić information content (AvgIpc) is 2.61. The first-order chi connectivity index (χ1) is 12.1. The number of nitrogens with zero attached hydrogens (tertiary/aromatic N) is 2. The van der Waals surface area contributed by atoms with Crippen molar-refractivity contribution in [1.82, 2.24) is 15.6 Å². The molecule has 1 amide bonds. The van der Waals surface area contributed by atoms with Crippen molar-refractivity contribution >= 4 is 41.7 Å². The van der Waals surface area contributed by atoms with Crippen molar-refractivity contribution in [1.29, 1.82) is 0 Å². The zero-order valence-electron chi connectivity index (χ0n) is 15.4. The Balaban J connectivity index is 0.00000338. The van der Waals surface area contributed by atoms with E-state index in [4.69, 9.17) is 0 Å². The smallest absolute Gasteiger partial charge is 0.227 e. The van der Waals surface area contributed by atoms with Crippen molar-refractivity contribution < 1.29 is 4.79 Å². The largest absolute Gasteiger partial charge is 0.356 e. The van der Waals surface area contributed by atoms with Gasteiger partial charge in [0.25, 0.3) is 0 Å². The first-order valence-electron chi connectivity index (χ1n) is 8.30. The number of aromatic nitrogens is 1. The Hall–Kier alpha value is -2.16. The predicted molar refractivity (Wildman–Crippen MR) is 117 cm³/mol. The molecular weight excluding hydrogens is 441 g/mol. The van der Waals surface area contributed by atoms with E-state index in [-0.39, 0.29) is 29.9 Å². The van der Waals surface area contributed by atoms with Gasteiger partial charge >= 0.3 is 0 Å². The minimum Gasteiger partial charge on any atom is -0.356 e. The molecule has 0 fully saturated rings. The summed E-state index contributed by atoms with van der Waals surface area (Å²) in [4.78, 5) is 20.3. The SMILES string of the molecule is CN=C(NCCC(=O)Nc1ccc(C)cn1)NCc1ccccc1C.I. The van der Waals surface area contributed by atoms with Crippen LogP contribution in [-0.4, -0.2) is 30.4 Å². The number of amides is 1. The summed E-state index contributed by atoms with van der Waals surface area (Å²) in [5.74, 6) is 1.15. The van der Waals surface area contributed by atoms with Gasteiger partial charge in [0, 0.05) is 32.8 Å². The van der Waals surface area contributed by atoms with Crippen molar-refractivity contribution in [3.63, 3.8) is 0 Å². The van der Waals surface area contributed by atoms with E-state index in [1.54, 1.807) is 19.3 Å². The van der Waals surface area contributed by atoms with E-state index in [0.29, 0.717) is 31.3 Å². The summed E-state index contributed by atoms with van der Waals surface area (Å²) in [6, 6.07) is 11.9. The number of pyridine rings is 1. The number of anilines is 1. The second-order valence-electron chi connectivity index (χ2n) is 5.80. The van der Waals surface area contributed by atoms with E-state index in [0.717, 1.165) is 5.56 Å². The molecule has 140 valence electrons. The fourth-order valence-corrected chi connectivity index (χ4v) is 2.25. The predicted octanol–water partition coefficient (Wildman–Crippen LogP) is 3.01. The number of carbonyl (C=O) groups is 1. The van der Waals surface area contributed by atoms with Gasteiger partial charge in [-0.05, 0) is 36.6 Å². The van der Waals surface area contributed by atoms with Crippen molar-refractivity contribution in [3.8, 4) is 0 Å². The summed E-state index contributed by atoms with van der Waals surface area (Å²) in [7, 11) is 1.71.